The Hall–Kier alpha value is -1.17. The number of nitrogens with one attached hydrogen (secondary N) is 1. The number of carbonyl (C=O) groups is 1. The molecule has 0 fully saturated rings. The summed E-state index contributed by atoms with van der Waals surface area (Å²) >= 11 is 4.01. The van der Waals surface area contributed by atoms with Gasteiger partial charge in [0.2, 0.25) is 5.91 Å². The van der Waals surface area contributed by atoms with Crippen molar-refractivity contribution in [3.8, 4) is 0 Å². The quantitative estimate of drug-likeness (QED) is 0.806. The molecule has 1 N–H and O–H groups in total. The molecule has 1 atom stereocenters. The molecule has 1 amide bonds. The summed E-state index contributed by atoms with van der Waals surface area (Å²) in [4.78, 5) is 11.5. The second-order valence-corrected chi connectivity index (χ2v) is 4.48. The minimum atomic E-state index is -1.15. The second kappa shape index (κ2) is 5.44. The summed E-state index contributed by atoms with van der Waals surface area (Å²) in [6, 6.07) is 1.00. The predicted molar refractivity (Wildman–Crippen MR) is 62.6 cm³/mol. The van der Waals surface area contributed by atoms with E-state index >= 15 is 0 Å². The van der Waals surface area contributed by atoms with Gasteiger partial charge in [-0.15, -0.1) is 0 Å². The molecule has 0 aliphatic carbocycles. The van der Waals surface area contributed by atoms with Gasteiger partial charge in [0.25, 0.3) is 0 Å². The topological polar surface area (TPSA) is 29.1 Å². The van der Waals surface area contributed by atoms with E-state index in [1.54, 1.807) is 13.8 Å². The highest BCUT2D eigenvalue weighted by Gasteiger charge is 2.21. The highest BCUT2D eigenvalue weighted by molar-refractivity contribution is 7.81. The van der Waals surface area contributed by atoms with E-state index in [9.17, 15) is 18.0 Å². The molecule has 0 bridgehead atoms. The largest absolute Gasteiger partial charge is 0.320 e. The standard InChI is InChI=1S/C11H12F3NOS/c1-5(2)10(17)11(16)15-9-7(13)3-6(12)4-8(9)14/h3-5,10,17H,1-2H3,(H,15,16). The lowest BCUT2D eigenvalue weighted by Crippen LogP contribution is -2.28. The third kappa shape index (κ3) is 3.39. The molecular formula is C11H12F3NOS. The number of hydrogen-bond acceptors (Lipinski definition) is 2. The molecule has 0 radical (unpaired) electrons. The van der Waals surface area contributed by atoms with Crippen LogP contribution in [0.4, 0.5) is 18.9 Å². The van der Waals surface area contributed by atoms with Gasteiger partial charge in [0.1, 0.15) is 11.5 Å². The molecule has 0 heterocycles. The second-order valence-electron chi connectivity index (χ2n) is 3.92. The Morgan fingerprint density at radius 1 is 1.24 bits per heavy atom. The number of carbonyl (C=O) groups excluding carboxylic acids is 1. The van der Waals surface area contributed by atoms with E-state index in [-0.39, 0.29) is 5.92 Å². The maximum Gasteiger partial charge on any atom is 0.237 e. The van der Waals surface area contributed by atoms with Crippen LogP contribution >= 0.6 is 12.6 Å². The summed E-state index contributed by atoms with van der Waals surface area (Å²) in [6.45, 7) is 3.49. The molecule has 94 valence electrons. The zero-order chi connectivity index (χ0) is 13.2. The van der Waals surface area contributed by atoms with Crippen LogP contribution in [0.1, 0.15) is 13.8 Å². The average molecular weight is 263 g/mol. The van der Waals surface area contributed by atoms with Crippen LogP contribution in [-0.2, 0) is 4.79 Å². The highest BCUT2D eigenvalue weighted by Crippen LogP contribution is 2.21. The fourth-order valence-corrected chi connectivity index (χ4v) is 1.23. The Labute approximate surface area is 103 Å². The maximum atomic E-state index is 13.2. The van der Waals surface area contributed by atoms with Crippen LogP contribution in [0.3, 0.4) is 0 Å². The highest BCUT2D eigenvalue weighted by atomic mass is 32.1. The van der Waals surface area contributed by atoms with E-state index < -0.39 is 34.3 Å². The molecule has 0 aliphatic rings. The van der Waals surface area contributed by atoms with Gasteiger partial charge in [-0.1, -0.05) is 13.8 Å². The summed E-state index contributed by atoms with van der Waals surface area (Å²) < 4.78 is 39.1. The monoisotopic (exact) mass is 263 g/mol. The van der Waals surface area contributed by atoms with Crippen molar-refractivity contribution in [1.82, 2.24) is 0 Å². The van der Waals surface area contributed by atoms with Crippen molar-refractivity contribution in [2.45, 2.75) is 19.1 Å². The van der Waals surface area contributed by atoms with Crippen molar-refractivity contribution >= 4 is 24.2 Å². The first-order chi connectivity index (χ1) is 7.82. The van der Waals surface area contributed by atoms with Crippen molar-refractivity contribution in [3.05, 3.63) is 29.6 Å². The number of benzene rings is 1. The van der Waals surface area contributed by atoms with E-state index in [4.69, 9.17) is 0 Å². The summed E-state index contributed by atoms with van der Waals surface area (Å²) in [5.74, 6) is -4.07. The van der Waals surface area contributed by atoms with E-state index in [2.05, 4.69) is 17.9 Å². The van der Waals surface area contributed by atoms with Crippen LogP contribution in [0.5, 0.6) is 0 Å². The Bertz CT molecular complexity index is 414. The van der Waals surface area contributed by atoms with Crippen molar-refractivity contribution in [1.29, 1.82) is 0 Å². The smallest absolute Gasteiger partial charge is 0.237 e. The van der Waals surface area contributed by atoms with Gasteiger partial charge in [0, 0.05) is 12.1 Å². The van der Waals surface area contributed by atoms with E-state index in [1.807, 2.05) is 0 Å². The summed E-state index contributed by atoms with van der Waals surface area (Å²) in [5.41, 5.74) is -0.656. The molecule has 0 aromatic heterocycles. The van der Waals surface area contributed by atoms with Gasteiger partial charge >= 0.3 is 0 Å². The molecule has 17 heavy (non-hydrogen) atoms. The predicted octanol–water partition coefficient (Wildman–Crippen LogP) is 3.00. The first kappa shape index (κ1) is 13.9. The van der Waals surface area contributed by atoms with Crippen LogP contribution in [0.15, 0.2) is 12.1 Å². The number of amides is 1. The molecule has 0 saturated carbocycles. The summed E-state index contributed by atoms with van der Waals surface area (Å²) in [6.07, 6.45) is 0. The first-order valence-electron chi connectivity index (χ1n) is 4.96. The summed E-state index contributed by atoms with van der Waals surface area (Å²) in [7, 11) is 0. The molecular weight excluding hydrogens is 251 g/mol. The van der Waals surface area contributed by atoms with Crippen LogP contribution in [0.2, 0.25) is 0 Å². The Morgan fingerprint density at radius 2 is 1.71 bits per heavy atom. The van der Waals surface area contributed by atoms with Gasteiger partial charge in [-0.2, -0.15) is 12.6 Å². The third-order valence-corrected chi connectivity index (χ3v) is 2.99. The fraction of sp³-hybridized carbons (Fsp3) is 0.364. The van der Waals surface area contributed by atoms with Gasteiger partial charge in [0.05, 0.1) is 5.25 Å². The van der Waals surface area contributed by atoms with Gasteiger partial charge in [0.15, 0.2) is 11.6 Å². The molecule has 2 nitrogen and oxygen atoms in total. The van der Waals surface area contributed by atoms with Crippen LogP contribution < -0.4 is 5.32 Å². The van der Waals surface area contributed by atoms with Gasteiger partial charge in [-0.3, -0.25) is 4.79 Å². The zero-order valence-electron chi connectivity index (χ0n) is 9.30. The van der Waals surface area contributed by atoms with Crippen LogP contribution in [0, 0.1) is 23.4 Å². The Kier molecular flexibility index (Phi) is 4.45. The van der Waals surface area contributed by atoms with Crippen molar-refractivity contribution in [2.24, 2.45) is 5.92 Å². The lowest BCUT2D eigenvalue weighted by atomic mass is 10.1. The molecule has 1 aromatic rings. The van der Waals surface area contributed by atoms with Crippen molar-refractivity contribution in [2.75, 3.05) is 5.32 Å². The van der Waals surface area contributed by atoms with Crippen molar-refractivity contribution < 1.29 is 18.0 Å². The van der Waals surface area contributed by atoms with Gasteiger partial charge in [-0.25, -0.2) is 13.2 Å². The maximum absolute atomic E-state index is 13.2. The SMILES string of the molecule is CC(C)C(S)C(=O)Nc1c(F)cc(F)cc1F. The molecule has 1 unspecified atom stereocenters. The average Bonchev–Trinajstić information content (AvgIpc) is 2.21. The van der Waals surface area contributed by atoms with Gasteiger partial charge in [-0.05, 0) is 5.92 Å². The lowest BCUT2D eigenvalue weighted by molar-refractivity contribution is -0.116. The molecule has 0 aliphatic heterocycles. The number of thiol groups is 1. The zero-order valence-corrected chi connectivity index (χ0v) is 10.2. The summed E-state index contributed by atoms with van der Waals surface area (Å²) in [5, 5.41) is 1.36. The molecule has 0 spiro atoms. The molecule has 1 aromatic carbocycles. The molecule has 0 saturated heterocycles. The number of hydrogen-bond donors (Lipinski definition) is 2. The minimum absolute atomic E-state index is 0.0927. The van der Waals surface area contributed by atoms with Gasteiger partial charge < -0.3 is 5.32 Å². The van der Waals surface area contributed by atoms with Crippen molar-refractivity contribution in [3.63, 3.8) is 0 Å². The third-order valence-electron chi connectivity index (χ3n) is 2.16. The lowest BCUT2D eigenvalue weighted by Gasteiger charge is -2.15. The minimum Gasteiger partial charge on any atom is -0.320 e. The fourth-order valence-electron chi connectivity index (χ4n) is 1.16. The normalized spacial score (nSPS) is 12.6. The van der Waals surface area contributed by atoms with E-state index in [1.165, 1.54) is 0 Å². The molecule has 1 rings (SSSR count). The number of anilines is 1. The Morgan fingerprint density at radius 3 is 2.12 bits per heavy atom. The van der Waals surface area contributed by atoms with E-state index in [0.717, 1.165) is 0 Å². The van der Waals surface area contributed by atoms with Crippen LogP contribution in [0.25, 0.3) is 0 Å². The first-order valence-corrected chi connectivity index (χ1v) is 5.48. The Balaban J connectivity index is 2.93. The molecule has 6 heteroatoms. The number of rotatable bonds is 3. The van der Waals surface area contributed by atoms with Crippen LogP contribution in [-0.4, -0.2) is 11.2 Å². The number of halogens is 3. The van der Waals surface area contributed by atoms with E-state index in [0.29, 0.717) is 12.1 Å².